The zero-order chi connectivity index (χ0) is 28.6. The normalized spacial score (nSPS) is 24.9. The summed E-state index contributed by atoms with van der Waals surface area (Å²) in [6.07, 6.45) is 4.29. The average Bonchev–Trinajstić information content (AvgIpc) is 3.50. The Bertz CT molecular complexity index is 1360. The molecule has 2 aromatic rings. The lowest BCUT2D eigenvalue weighted by molar-refractivity contribution is -0.154. The summed E-state index contributed by atoms with van der Waals surface area (Å²) in [5.41, 5.74) is -0.238. The molecule has 5 rings (SSSR count). The summed E-state index contributed by atoms with van der Waals surface area (Å²) in [6, 6.07) is 13.7. The maximum Gasteiger partial charge on any atom is 0.304 e. The Hall–Kier alpha value is -4.02. The summed E-state index contributed by atoms with van der Waals surface area (Å²) in [6.45, 7) is 3.49. The number of β-lactam (4-membered cyclic amide) rings is 1. The van der Waals surface area contributed by atoms with Crippen LogP contribution in [-0.4, -0.2) is 64.2 Å². The second-order valence-electron chi connectivity index (χ2n) is 10.5. The van der Waals surface area contributed by atoms with Gasteiger partial charge >= 0.3 is 5.97 Å². The molecule has 0 radical (unpaired) electrons. The number of amides is 3. The van der Waals surface area contributed by atoms with Crippen LogP contribution in [0.15, 0.2) is 60.7 Å². The molecule has 0 saturated carbocycles. The van der Waals surface area contributed by atoms with E-state index in [0.29, 0.717) is 29.2 Å². The van der Waals surface area contributed by atoms with Crippen molar-refractivity contribution in [2.45, 2.75) is 57.4 Å². The molecule has 3 heterocycles. The molecule has 3 aliphatic heterocycles. The van der Waals surface area contributed by atoms with E-state index in [1.165, 1.54) is 16.7 Å². The molecule has 3 aliphatic rings. The molecular weight excluding hydrogens is 514 g/mol. The highest BCUT2D eigenvalue weighted by Gasteiger charge is 2.54. The number of fused-ring (bicyclic) bond motifs is 1. The first-order valence-electron chi connectivity index (χ1n) is 13.5. The Morgan fingerprint density at radius 1 is 1.15 bits per heavy atom. The van der Waals surface area contributed by atoms with E-state index in [-0.39, 0.29) is 37.3 Å². The first kappa shape index (κ1) is 27.5. The van der Waals surface area contributed by atoms with Crippen molar-refractivity contribution in [3.8, 4) is 0 Å². The Morgan fingerprint density at radius 3 is 2.58 bits per heavy atom. The van der Waals surface area contributed by atoms with Crippen LogP contribution in [0, 0.1) is 5.92 Å². The predicted molar refractivity (Wildman–Crippen MR) is 146 cm³/mol. The highest BCUT2D eigenvalue weighted by molar-refractivity contribution is 6.13. The number of esters is 1. The number of benzene rings is 2. The number of anilines is 3. The zero-order valence-corrected chi connectivity index (χ0v) is 22.5. The van der Waals surface area contributed by atoms with Crippen LogP contribution in [0.3, 0.4) is 0 Å². The van der Waals surface area contributed by atoms with Gasteiger partial charge in [-0.3, -0.25) is 29.0 Å². The third-order valence-corrected chi connectivity index (χ3v) is 7.95. The molecule has 10 nitrogen and oxygen atoms in total. The van der Waals surface area contributed by atoms with Crippen LogP contribution >= 0.6 is 0 Å². The molecule has 2 saturated heterocycles. The fourth-order valence-electron chi connectivity index (χ4n) is 5.81. The number of aliphatic hydroxyl groups is 2. The average molecular weight is 548 g/mol. The maximum atomic E-state index is 13.9. The van der Waals surface area contributed by atoms with E-state index in [1.54, 1.807) is 66.4 Å². The summed E-state index contributed by atoms with van der Waals surface area (Å²) < 4.78 is 5.25. The van der Waals surface area contributed by atoms with Crippen LogP contribution in [0.4, 0.5) is 17.1 Å². The molecule has 40 heavy (non-hydrogen) atoms. The summed E-state index contributed by atoms with van der Waals surface area (Å²) in [4.78, 5) is 55.1. The minimum atomic E-state index is -1.99. The Morgan fingerprint density at radius 2 is 1.90 bits per heavy atom. The molecule has 0 bridgehead atoms. The van der Waals surface area contributed by atoms with Crippen molar-refractivity contribution >= 4 is 40.8 Å². The van der Waals surface area contributed by atoms with Gasteiger partial charge in [-0.1, -0.05) is 37.3 Å². The van der Waals surface area contributed by atoms with Gasteiger partial charge in [0, 0.05) is 42.7 Å². The fourth-order valence-corrected chi connectivity index (χ4v) is 5.81. The molecule has 210 valence electrons. The Labute approximate surface area is 232 Å². The summed E-state index contributed by atoms with van der Waals surface area (Å²) in [5, 5.41) is 21.6. The lowest BCUT2D eigenvalue weighted by Crippen LogP contribution is -2.55. The SMILES string of the molecule is CC(=O)OC1CC(=O)N1c1ccc2c(c1)[C@@](O)([C@H](C)/C=C/CC(=O)N1CCC[C@H]1CO)C(=O)N2c1ccccc1. The lowest BCUT2D eigenvalue weighted by atomic mass is 9.82. The van der Waals surface area contributed by atoms with Crippen molar-refractivity contribution in [3.05, 3.63) is 66.2 Å². The van der Waals surface area contributed by atoms with E-state index in [1.807, 2.05) is 6.07 Å². The smallest absolute Gasteiger partial charge is 0.304 e. The number of aliphatic hydroxyl groups excluding tert-OH is 1. The number of carbonyl (C=O) groups excluding carboxylic acids is 4. The molecular formula is C30H33N3O7. The van der Waals surface area contributed by atoms with Crippen molar-refractivity contribution in [2.75, 3.05) is 23.0 Å². The zero-order valence-electron chi connectivity index (χ0n) is 22.5. The molecule has 2 aromatic carbocycles. The van der Waals surface area contributed by atoms with Crippen molar-refractivity contribution in [1.29, 1.82) is 0 Å². The molecule has 0 aliphatic carbocycles. The number of rotatable bonds is 8. The Balaban J connectivity index is 1.47. The van der Waals surface area contributed by atoms with Crippen molar-refractivity contribution in [2.24, 2.45) is 5.92 Å². The standard InChI is InChI=1S/C30H33N3O7/c1-19(8-6-12-26(36)31-15-7-11-23(31)18-34)30(39)24-16-22(33-27(37)17-28(33)40-20(2)35)13-14-25(24)32(29(30)38)21-9-4-3-5-10-21/h3-6,8-10,13-14,16,19,23,28,34,39H,7,11-12,15,17-18H2,1-2H3/b8-6+/t19-,23+,28?,30+/m1/s1. The van der Waals surface area contributed by atoms with Gasteiger partial charge in [0.15, 0.2) is 11.8 Å². The number of para-hydroxylation sites is 1. The quantitative estimate of drug-likeness (QED) is 0.296. The molecule has 1 unspecified atom stereocenters. The number of nitrogens with zero attached hydrogens (tertiary/aromatic N) is 3. The van der Waals surface area contributed by atoms with Gasteiger partial charge in [-0.05, 0) is 43.2 Å². The van der Waals surface area contributed by atoms with Crippen LogP contribution in [-0.2, 0) is 29.5 Å². The molecule has 0 spiro atoms. The van der Waals surface area contributed by atoms with E-state index in [9.17, 15) is 29.4 Å². The van der Waals surface area contributed by atoms with Crippen molar-refractivity contribution < 1.29 is 34.1 Å². The van der Waals surface area contributed by atoms with E-state index < -0.39 is 29.6 Å². The predicted octanol–water partition coefficient (Wildman–Crippen LogP) is 2.74. The number of hydrogen-bond donors (Lipinski definition) is 2. The lowest BCUT2D eigenvalue weighted by Gasteiger charge is -2.39. The van der Waals surface area contributed by atoms with Gasteiger partial charge < -0.3 is 19.8 Å². The monoisotopic (exact) mass is 547 g/mol. The van der Waals surface area contributed by atoms with Gasteiger partial charge in [0.25, 0.3) is 5.91 Å². The molecule has 2 fully saturated rings. The van der Waals surface area contributed by atoms with Gasteiger partial charge in [0.1, 0.15) is 0 Å². The van der Waals surface area contributed by atoms with Crippen LogP contribution < -0.4 is 9.80 Å². The third-order valence-electron chi connectivity index (χ3n) is 7.95. The first-order valence-corrected chi connectivity index (χ1v) is 13.5. The molecule has 2 N–H and O–H groups in total. The summed E-state index contributed by atoms with van der Waals surface area (Å²) in [5.74, 6) is -2.17. The number of carbonyl (C=O) groups is 4. The highest BCUT2D eigenvalue weighted by Crippen LogP contribution is 2.50. The number of ether oxygens (including phenoxy) is 1. The van der Waals surface area contributed by atoms with Gasteiger partial charge in [0.05, 0.1) is 24.8 Å². The van der Waals surface area contributed by atoms with E-state index in [2.05, 4.69) is 0 Å². The van der Waals surface area contributed by atoms with Gasteiger partial charge in [-0.2, -0.15) is 0 Å². The molecule has 0 aromatic heterocycles. The highest BCUT2D eigenvalue weighted by atomic mass is 16.6. The van der Waals surface area contributed by atoms with E-state index in [4.69, 9.17) is 4.74 Å². The molecule has 10 heteroatoms. The summed E-state index contributed by atoms with van der Waals surface area (Å²) >= 11 is 0. The van der Waals surface area contributed by atoms with E-state index in [0.717, 1.165) is 12.8 Å². The van der Waals surface area contributed by atoms with Crippen LogP contribution in [0.25, 0.3) is 0 Å². The second kappa shape index (κ2) is 10.9. The van der Waals surface area contributed by atoms with Crippen LogP contribution in [0.5, 0.6) is 0 Å². The molecule has 4 atom stereocenters. The van der Waals surface area contributed by atoms with Crippen molar-refractivity contribution in [1.82, 2.24) is 4.90 Å². The largest absolute Gasteiger partial charge is 0.441 e. The maximum absolute atomic E-state index is 13.9. The van der Waals surface area contributed by atoms with Gasteiger partial charge in [-0.15, -0.1) is 0 Å². The first-order chi connectivity index (χ1) is 19.2. The topological polar surface area (TPSA) is 128 Å². The number of likely N-dealkylation sites (tertiary alicyclic amines) is 1. The number of hydrogen-bond acceptors (Lipinski definition) is 7. The van der Waals surface area contributed by atoms with Crippen LogP contribution in [0.1, 0.15) is 45.1 Å². The molecule has 3 amide bonds. The van der Waals surface area contributed by atoms with Gasteiger partial charge in [0.2, 0.25) is 11.8 Å². The third kappa shape index (κ3) is 4.67. The second-order valence-corrected chi connectivity index (χ2v) is 10.5. The minimum Gasteiger partial charge on any atom is -0.441 e. The van der Waals surface area contributed by atoms with Crippen molar-refractivity contribution in [3.63, 3.8) is 0 Å². The van der Waals surface area contributed by atoms with Gasteiger partial charge in [-0.25, -0.2) is 0 Å². The summed E-state index contributed by atoms with van der Waals surface area (Å²) in [7, 11) is 0. The Kier molecular flexibility index (Phi) is 7.48. The van der Waals surface area contributed by atoms with Crippen LogP contribution in [0.2, 0.25) is 0 Å². The fraction of sp³-hybridized carbons (Fsp3) is 0.400. The van der Waals surface area contributed by atoms with E-state index >= 15 is 0 Å². The minimum absolute atomic E-state index is 0.0529.